The maximum Gasteiger partial charge on any atom is 0.113 e. The fourth-order valence-electron chi connectivity index (χ4n) is 4.31. The van der Waals surface area contributed by atoms with Crippen LogP contribution in [0, 0.1) is 0 Å². The van der Waals surface area contributed by atoms with Gasteiger partial charge in [-0.25, -0.2) is 0 Å². The van der Waals surface area contributed by atoms with Crippen LogP contribution in [0.4, 0.5) is 0 Å². The van der Waals surface area contributed by atoms with Crippen molar-refractivity contribution in [1.82, 2.24) is 15.0 Å². The molecule has 0 fully saturated rings. The molecule has 0 saturated carbocycles. The highest BCUT2D eigenvalue weighted by Gasteiger charge is 2.13. The monoisotopic (exact) mass is 437 g/mol. The molecule has 1 aliphatic carbocycles. The SMILES string of the molecule is C(=Cc1ccc(-n2ncc(-c3ccccc3)n2)cc1)c1ccc(C2=Cc3ccccc3C2)cc1. The van der Waals surface area contributed by atoms with Gasteiger partial charge in [0.15, 0.2) is 0 Å². The summed E-state index contributed by atoms with van der Waals surface area (Å²) in [5.41, 5.74) is 10.6. The molecule has 3 heteroatoms. The van der Waals surface area contributed by atoms with E-state index in [2.05, 4.69) is 89.1 Å². The van der Waals surface area contributed by atoms with Crippen molar-refractivity contribution < 1.29 is 0 Å². The second-order valence-electron chi connectivity index (χ2n) is 8.48. The molecule has 6 rings (SSSR count). The number of hydrogen-bond acceptors (Lipinski definition) is 2. The van der Waals surface area contributed by atoms with Gasteiger partial charge in [0.25, 0.3) is 0 Å². The predicted octanol–water partition coefficient (Wildman–Crippen LogP) is 7.20. The van der Waals surface area contributed by atoms with Gasteiger partial charge >= 0.3 is 0 Å². The van der Waals surface area contributed by atoms with E-state index in [4.69, 9.17) is 0 Å². The molecule has 0 aliphatic heterocycles. The van der Waals surface area contributed by atoms with Crippen molar-refractivity contribution in [3.63, 3.8) is 0 Å². The molecule has 34 heavy (non-hydrogen) atoms. The Bertz CT molecular complexity index is 1490. The van der Waals surface area contributed by atoms with Gasteiger partial charge in [0.2, 0.25) is 0 Å². The molecular formula is C31H23N3. The lowest BCUT2D eigenvalue weighted by molar-refractivity contribution is 0.754. The van der Waals surface area contributed by atoms with E-state index in [1.807, 2.05) is 42.5 Å². The quantitative estimate of drug-likeness (QED) is 0.272. The topological polar surface area (TPSA) is 30.7 Å². The van der Waals surface area contributed by atoms with Gasteiger partial charge in [-0.05, 0) is 51.9 Å². The van der Waals surface area contributed by atoms with Crippen molar-refractivity contribution in [3.8, 4) is 16.9 Å². The third-order valence-corrected chi connectivity index (χ3v) is 6.20. The molecule has 1 aromatic heterocycles. The zero-order valence-electron chi connectivity index (χ0n) is 18.7. The average molecular weight is 438 g/mol. The van der Waals surface area contributed by atoms with Crippen LogP contribution in [0.25, 0.3) is 40.7 Å². The Hall–Kier alpha value is -4.50. The Balaban J connectivity index is 1.13. The van der Waals surface area contributed by atoms with Crippen LogP contribution in [0.5, 0.6) is 0 Å². The third-order valence-electron chi connectivity index (χ3n) is 6.20. The first-order chi connectivity index (χ1) is 16.8. The molecule has 0 amide bonds. The van der Waals surface area contributed by atoms with Crippen LogP contribution in [-0.2, 0) is 6.42 Å². The third kappa shape index (κ3) is 4.12. The Morgan fingerprint density at radius 1 is 0.647 bits per heavy atom. The number of nitrogens with zero attached hydrogens (tertiary/aromatic N) is 3. The first-order valence-corrected chi connectivity index (χ1v) is 11.5. The van der Waals surface area contributed by atoms with Crippen LogP contribution in [0.15, 0.2) is 109 Å². The van der Waals surface area contributed by atoms with Gasteiger partial charge in [0.05, 0.1) is 11.9 Å². The van der Waals surface area contributed by atoms with Gasteiger partial charge in [-0.1, -0.05) is 109 Å². The summed E-state index contributed by atoms with van der Waals surface area (Å²) < 4.78 is 0. The fourth-order valence-corrected chi connectivity index (χ4v) is 4.31. The van der Waals surface area contributed by atoms with E-state index in [9.17, 15) is 0 Å². The van der Waals surface area contributed by atoms with Crippen molar-refractivity contribution in [2.75, 3.05) is 0 Å². The molecule has 0 N–H and O–H groups in total. The second-order valence-corrected chi connectivity index (χ2v) is 8.48. The lowest BCUT2D eigenvalue weighted by Gasteiger charge is -2.03. The first kappa shape index (κ1) is 20.1. The Kier molecular flexibility index (Phi) is 5.21. The summed E-state index contributed by atoms with van der Waals surface area (Å²) >= 11 is 0. The summed E-state index contributed by atoms with van der Waals surface area (Å²) in [7, 11) is 0. The molecule has 0 radical (unpaired) electrons. The van der Waals surface area contributed by atoms with E-state index >= 15 is 0 Å². The summed E-state index contributed by atoms with van der Waals surface area (Å²) in [5, 5.41) is 9.03. The van der Waals surface area contributed by atoms with Crippen molar-refractivity contribution in [2.24, 2.45) is 0 Å². The van der Waals surface area contributed by atoms with E-state index < -0.39 is 0 Å². The molecule has 5 aromatic rings. The summed E-state index contributed by atoms with van der Waals surface area (Å²) in [6, 6.07) is 35.8. The summed E-state index contributed by atoms with van der Waals surface area (Å²) in [6.45, 7) is 0. The number of hydrogen-bond donors (Lipinski definition) is 0. The minimum atomic E-state index is 0.866. The minimum Gasteiger partial charge on any atom is -0.156 e. The van der Waals surface area contributed by atoms with Crippen molar-refractivity contribution in [3.05, 3.63) is 137 Å². The molecule has 1 heterocycles. The predicted molar refractivity (Wildman–Crippen MR) is 140 cm³/mol. The van der Waals surface area contributed by atoms with Crippen LogP contribution in [0.2, 0.25) is 0 Å². The van der Waals surface area contributed by atoms with Crippen LogP contribution in [0.1, 0.15) is 27.8 Å². The molecular weight excluding hydrogens is 414 g/mol. The maximum absolute atomic E-state index is 4.61. The molecule has 3 nitrogen and oxygen atoms in total. The number of aromatic nitrogens is 3. The fraction of sp³-hybridized carbons (Fsp3) is 0.0323. The van der Waals surface area contributed by atoms with Gasteiger partial charge < -0.3 is 0 Å². The van der Waals surface area contributed by atoms with Crippen molar-refractivity contribution in [2.45, 2.75) is 6.42 Å². The number of fused-ring (bicyclic) bond motifs is 1. The van der Waals surface area contributed by atoms with Gasteiger partial charge in [-0.15, -0.1) is 5.10 Å². The highest BCUT2D eigenvalue weighted by atomic mass is 15.5. The lowest BCUT2D eigenvalue weighted by Crippen LogP contribution is -1.98. The van der Waals surface area contributed by atoms with Gasteiger partial charge in [-0.2, -0.15) is 9.90 Å². The number of rotatable bonds is 5. The Morgan fingerprint density at radius 3 is 2.06 bits per heavy atom. The van der Waals surface area contributed by atoms with E-state index in [-0.39, 0.29) is 0 Å². The Morgan fingerprint density at radius 2 is 1.32 bits per heavy atom. The highest BCUT2D eigenvalue weighted by molar-refractivity contribution is 5.88. The molecule has 0 atom stereocenters. The number of benzene rings is 4. The highest BCUT2D eigenvalue weighted by Crippen LogP contribution is 2.31. The smallest absolute Gasteiger partial charge is 0.113 e. The van der Waals surface area contributed by atoms with Crippen LogP contribution >= 0.6 is 0 Å². The Labute approximate surface area is 199 Å². The zero-order valence-corrected chi connectivity index (χ0v) is 18.7. The second kappa shape index (κ2) is 8.80. The molecule has 0 bridgehead atoms. The van der Waals surface area contributed by atoms with Crippen LogP contribution < -0.4 is 0 Å². The van der Waals surface area contributed by atoms with Gasteiger partial charge in [0.1, 0.15) is 5.69 Å². The number of allylic oxidation sites excluding steroid dienone is 1. The van der Waals surface area contributed by atoms with Crippen molar-refractivity contribution in [1.29, 1.82) is 0 Å². The van der Waals surface area contributed by atoms with Crippen LogP contribution in [0.3, 0.4) is 0 Å². The normalized spacial score (nSPS) is 12.6. The van der Waals surface area contributed by atoms with E-state index in [0.717, 1.165) is 28.9 Å². The summed E-state index contributed by atoms with van der Waals surface area (Å²) in [4.78, 5) is 1.67. The lowest BCUT2D eigenvalue weighted by atomic mass is 10.0. The van der Waals surface area contributed by atoms with Crippen LogP contribution in [-0.4, -0.2) is 15.0 Å². The molecule has 0 spiro atoms. The van der Waals surface area contributed by atoms with Crippen molar-refractivity contribution >= 4 is 23.8 Å². The molecule has 0 saturated heterocycles. The molecule has 162 valence electrons. The minimum absolute atomic E-state index is 0.866. The standard InChI is InChI=1S/C31H23N3/c1-2-6-26(7-3-1)31-22-32-34(33-31)30-18-14-24(15-19-30)11-10-23-12-16-25(17-13-23)29-20-27-8-4-5-9-28(27)21-29/h1-20,22H,21H2. The molecule has 4 aromatic carbocycles. The molecule has 1 aliphatic rings. The summed E-state index contributed by atoms with van der Waals surface area (Å²) in [6.07, 6.45) is 9.40. The van der Waals surface area contributed by atoms with E-state index in [1.165, 1.54) is 27.8 Å². The van der Waals surface area contributed by atoms with Gasteiger partial charge in [0, 0.05) is 5.56 Å². The maximum atomic E-state index is 4.61. The van der Waals surface area contributed by atoms with E-state index in [0.29, 0.717) is 0 Å². The summed E-state index contributed by atoms with van der Waals surface area (Å²) in [5.74, 6) is 0. The first-order valence-electron chi connectivity index (χ1n) is 11.5. The molecule has 0 unspecified atom stereocenters. The largest absolute Gasteiger partial charge is 0.156 e. The van der Waals surface area contributed by atoms with Gasteiger partial charge in [-0.3, -0.25) is 0 Å². The van der Waals surface area contributed by atoms with E-state index in [1.54, 1.807) is 11.0 Å². The zero-order chi connectivity index (χ0) is 22.7. The average Bonchev–Trinajstić information content (AvgIpc) is 3.57.